The molecule has 3 N–H and O–H groups in total. The molecule has 0 saturated carbocycles. The van der Waals surface area contributed by atoms with Gasteiger partial charge in [-0.05, 0) is 54.7 Å². The highest BCUT2D eigenvalue weighted by molar-refractivity contribution is 5.87. The zero-order valence-corrected chi connectivity index (χ0v) is 19.8. The van der Waals surface area contributed by atoms with Gasteiger partial charge in [0, 0.05) is 23.4 Å². The van der Waals surface area contributed by atoms with Gasteiger partial charge in [0.15, 0.2) is 0 Å². The summed E-state index contributed by atoms with van der Waals surface area (Å²) in [7, 11) is 0. The van der Waals surface area contributed by atoms with Crippen LogP contribution in [0.1, 0.15) is 48.5 Å². The van der Waals surface area contributed by atoms with Crippen molar-refractivity contribution in [2.24, 2.45) is 0 Å². The Bertz CT molecular complexity index is 1340. The van der Waals surface area contributed by atoms with Gasteiger partial charge in [0.1, 0.15) is 11.5 Å². The van der Waals surface area contributed by atoms with E-state index in [2.05, 4.69) is 4.98 Å². The first-order valence-electron chi connectivity index (χ1n) is 12.0. The monoisotopic (exact) mass is 493 g/mol. The van der Waals surface area contributed by atoms with Crippen molar-refractivity contribution in [3.63, 3.8) is 0 Å². The summed E-state index contributed by atoms with van der Waals surface area (Å²) in [6.45, 7) is -0.0844. The molecule has 0 spiro atoms. The van der Waals surface area contributed by atoms with E-state index in [1.807, 2.05) is 12.1 Å². The molecule has 0 amide bonds. The number of unbranched alkanes of at least 4 members (excludes halogenated alkanes) is 1. The maximum Gasteiger partial charge on any atom is 0.276 e. The van der Waals surface area contributed by atoms with Crippen molar-refractivity contribution in [2.75, 3.05) is 6.61 Å². The van der Waals surface area contributed by atoms with Gasteiger partial charge in [-0.2, -0.15) is 0 Å². The first-order chi connectivity index (χ1) is 17.3. The minimum Gasteiger partial charge on any atom is -0.506 e. The van der Waals surface area contributed by atoms with E-state index in [0.29, 0.717) is 28.6 Å². The number of aliphatic hydroxyl groups excluding tert-OH is 1. The van der Waals surface area contributed by atoms with Gasteiger partial charge in [-0.3, -0.25) is 4.79 Å². The molecule has 0 fully saturated rings. The predicted octanol–water partition coefficient (Wildman–Crippen LogP) is 6.24. The maximum atomic E-state index is 14.2. The lowest BCUT2D eigenvalue weighted by Gasteiger charge is -2.17. The van der Waals surface area contributed by atoms with E-state index in [-0.39, 0.29) is 23.5 Å². The molecule has 1 heterocycles. The van der Waals surface area contributed by atoms with Crippen molar-refractivity contribution in [3.8, 4) is 11.5 Å². The molecule has 0 radical (unpaired) electrons. The summed E-state index contributed by atoms with van der Waals surface area (Å²) in [6, 6.07) is 21.3. The van der Waals surface area contributed by atoms with Crippen LogP contribution in [-0.4, -0.2) is 21.8 Å². The van der Waals surface area contributed by atoms with Gasteiger partial charge in [-0.25, -0.2) is 8.78 Å². The number of nitrogens with one attached hydrogen (secondary N) is 1. The molecule has 0 saturated heterocycles. The normalized spacial score (nSPS) is 12.5. The number of aryl methyl sites for hydroxylation is 1. The molecule has 3 aromatic carbocycles. The summed E-state index contributed by atoms with van der Waals surface area (Å²) in [5.74, 6) is -2.42. The van der Waals surface area contributed by atoms with Gasteiger partial charge in [-0.15, -0.1) is 0 Å². The number of H-pyrrole nitrogens is 1. The summed E-state index contributed by atoms with van der Waals surface area (Å²) in [4.78, 5) is 14.2. The van der Waals surface area contributed by atoms with Crippen LogP contribution in [0, 0.1) is 0 Å². The van der Waals surface area contributed by atoms with E-state index in [0.717, 1.165) is 24.8 Å². The fraction of sp³-hybridized carbons (Fsp3) is 0.276. The Morgan fingerprint density at radius 3 is 2.42 bits per heavy atom. The number of aliphatic hydroxyl groups is 1. The Balaban J connectivity index is 1.22. The number of alkyl halides is 2. The number of aromatic nitrogens is 1. The first kappa shape index (κ1) is 25.4. The van der Waals surface area contributed by atoms with Crippen LogP contribution in [-0.2, 0) is 12.3 Å². The number of benzene rings is 3. The molecule has 1 atom stereocenters. The summed E-state index contributed by atoms with van der Waals surface area (Å²) < 4.78 is 34.0. The molecule has 7 heteroatoms. The number of fused-ring (bicyclic) bond motifs is 1. The Hall–Kier alpha value is -3.71. The lowest BCUT2D eigenvalue weighted by Crippen LogP contribution is -2.17. The Morgan fingerprint density at radius 1 is 0.917 bits per heavy atom. The molecular weight excluding hydrogens is 464 g/mol. The fourth-order valence-corrected chi connectivity index (χ4v) is 4.25. The number of ether oxygens (including phenoxy) is 1. The number of aromatic hydroxyl groups is 1. The quantitative estimate of drug-likeness (QED) is 0.216. The van der Waals surface area contributed by atoms with Crippen LogP contribution >= 0.6 is 0 Å². The Morgan fingerprint density at radius 2 is 1.67 bits per heavy atom. The number of phenolic OH excluding ortho intramolecular Hbond substituents is 1. The molecule has 0 aliphatic carbocycles. The largest absolute Gasteiger partial charge is 0.506 e. The van der Waals surface area contributed by atoms with Gasteiger partial charge < -0.3 is 19.9 Å². The summed E-state index contributed by atoms with van der Waals surface area (Å²) in [6.07, 6.45) is 1.86. The molecule has 1 aromatic heterocycles. The van der Waals surface area contributed by atoms with Gasteiger partial charge in [0.25, 0.3) is 5.92 Å². The van der Waals surface area contributed by atoms with Crippen LogP contribution in [0.3, 0.4) is 0 Å². The molecule has 0 aliphatic heterocycles. The summed E-state index contributed by atoms with van der Waals surface area (Å²) in [5, 5.41) is 21.3. The fourth-order valence-electron chi connectivity index (χ4n) is 4.25. The first-order valence-corrected chi connectivity index (χ1v) is 12.0. The minimum atomic E-state index is -2.94. The second-order valence-electron chi connectivity index (χ2n) is 8.86. The Labute approximate surface area is 208 Å². The maximum absolute atomic E-state index is 14.2. The zero-order valence-electron chi connectivity index (χ0n) is 19.8. The Kier molecular flexibility index (Phi) is 8.00. The van der Waals surface area contributed by atoms with Crippen molar-refractivity contribution in [1.29, 1.82) is 0 Å². The number of halogens is 2. The number of aromatic amines is 1. The topological polar surface area (TPSA) is 82.6 Å². The van der Waals surface area contributed by atoms with Crippen LogP contribution < -0.4 is 10.3 Å². The third kappa shape index (κ3) is 6.29. The van der Waals surface area contributed by atoms with Crippen LogP contribution in [0.15, 0.2) is 83.7 Å². The summed E-state index contributed by atoms with van der Waals surface area (Å²) in [5.41, 5.74) is 1.76. The van der Waals surface area contributed by atoms with Crippen LogP contribution in [0.4, 0.5) is 8.78 Å². The average molecular weight is 494 g/mol. The second kappa shape index (κ2) is 11.4. The highest BCUT2D eigenvalue weighted by Crippen LogP contribution is 2.32. The van der Waals surface area contributed by atoms with E-state index in [9.17, 15) is 23.8 Å². The van der Waals surface area contributed by atoms with Crippen molar-refractivity contribution < 1.29 is 23.7 Å². The van der Waals surface area contributed by atoms with Gasteiger partial charge in [-0.1, -0.05) is 55.0 Å². The molecular formula is C29H29F2NO4. The van der Waals surface area contributed by atoms with E-state index in [4.69, 9.17) is 4.74 Å². The number of pyridine rings is 1. The number of phenols is 1. The van der Waals surface area contributed by atoms with Gasteiger partial charge in [0.2, 0.25) is 5.56 Å². The smallest absolute Gasteiger partial charge is 0.276 e. The molecule has 4 rings (SSSR count). The van der Waals surface area contributed by atoms with Crippen molar-refractivity contribution in [1.82, 2.24) is 4.98 Å². The third-order valence-corrected chi connectivity index (χ3v) is 6.26. The van der Waals surface area contributed by atoms with Crippen LogP contribution in [0.5, 0.6) is 11.5 Å². The van der Waals surface area contributed by atoms with E-state index in [1.165, 1.54) is 24.3 Å². The lowest BCUT2D eigenvalue weighted by molar-refractivity contribution is -0.0242. The number of hydrogen-bond acceptors (Lipinski definition) is 4. The van der Waals surface area contributed by atoms with Crippen LogP contribution in [0.2, 0.25) is 0 Å². The highest BCUT2D eigenvalue weighted by atomic mass is 19.3. The molecule has 1 unspecified atom stereocenters. The van der Waals surface area contributed by atoms with Crippen molar-refractivity contribution in [2.45, 2.75) is 44.1 Å². The van der Waals surface area contributed by atoms with Gasteiger partial charge >= 0.3 is 0 Å². The third-order valence-electron chi connectivity index (χ3n) is 6.26. The number of rotatable bonds is 11. The summed E-state index contributed by atoms with van der Waals surface area (Å²) >= 11 is 0. The zero-order chi connectivity index (χ0) is 25.5. The SMILES string of the molecule is O=c1ccc2c(C(O)CCCCc3ccc(OCCC(F)(F)c4ccccc4)cc3)ccc(O)c2[nH]1. The van der Waals surface area contributed by atoms with Crippen LogP contribution in [0.25, 0.3) is 10.9 Å². The molecule has 36 heavy (non-hydrogen) atoms. The second-order valence-corrected chi connectivity index (χ2v) is 8.86. The average Bonchev–Trinajstić information content (AvgIpc) is 2.88. The lowest BCUT2D eigenvalue weighted by atomic mass is 9.97. The predicted molar refractivity (Wildman–Crippen MR) is 136 cm³/mol. The van der Waals surface area contributed by atoms with Crippen molar-refractivity contribution >= 4 is 10.9 Å². The van der Waals surface area contributed by atoms with E-state index in [1.54, 1.807) is 42.5 Å². The minimum absolute atomic E-state index is 0.0115. The standard InChI is InChI=1S/C29H29F2NO4/c30-29(31,21-7-2-1-3-8-21)18-19-36-22-12-10-20(11-13-22)6-4-5-9-25(33)23-14-16-26(34)28-24(23)15-17-27(35)32-28/h1-3,7-8,10-17,25,33-34H,4-6,9,18-19H2,(H,32,35). The number of hydrogen-bond donors (Lipinski definition) is 3. The molecule has 188 valence electrons. The van der Waals surface area contributed by atoms with Gasteiger partial charge in [0.05, 0.1) is 18.2 Å². The van der Waals surface area contributed by atoms with E-state index >= 15 is 0 Å². The highest BCUT2D eigenvalue weighted by Gasteiger charge is 2.31. The van der Waals surface area contributed by atoms with E-state index < -0.39 is 18.4 Å². The molecule has 0 bridgehead atoms. The molecule has 0 aliphatic rings. The molecule has 5 nitrogen and oxygen atoms in total. The molecule has 4 aromatic rings. The van der Waals surface area contributed by atoms with Crippen molar-refractivity contribution in [3.05, 3.63) is 106 Å².